The van der Waals surface area contributed by atoms with Gasteiger partial charge in [-0.05, 0) is 29.4 Å². The predicted octanol–water partition coefficient (Wildman–Crippen LogP) is -0.346. The summed E-state index contributed by atoms with van der Waals surface area (Å²) in [7, 11) is 0. The number of imidazole rings is 1. The van der Waals surface area contributed by atoms with Crippen LogP contribution in [-0.4, -0.2) is 107 Å². The van der Waals surface area contributed by atoms with Crippen LogP contribution in [0.15, 0.2) is 36.8 Å². The van der Waals surface area contributed by atoms with Gasteiger partial charge in [-0.25, -0.2) is 4.98 Å². The van der Waals surface area contributed by atoms with E-state index in [1.165, 1.54) is 13.3 Å². The number of aromatic nitrogens is 2. The number of carbonyl (C=O) groups is 7. The molecule has 0 saturated carbocycles. The van der Waals surface area contributed by atoms with Crippen LogP contribution in [0.2, 0.25) is 0 Å². The monoisotopic (exact) mass is 1080 g/mol. The standard InChI is InChI=1S/C38H58N10O7.2Gd/c1-8-25(4)35(47-37(54)33(45-28(7)51)18-31-21-39-23-44-31)38(55)46-32(16-24(2)3)36(53)43-20-30-11-9-10-29(17-30)19-42-34(52)22-48(14-12-40-26(5)49)15-13-41-27(6)50;;/h9-11,17,21,23-25,32-33,35H,5-6,8,12-16,18-20,22H2,1-4,7H3,(H,39,44)(H,40,49)(H,41,50)(H,42,52)(H,43,53)(H,45,51)(H,46,55)(H,47,54);;/q-2;;/t25?,32-,33-,35-;;/m0../s1. The molecule has 8 N–H and O–H groups in total. The molecule has 0 saturated heterocycles. The number of amides is 7. The van der Waals surface area contributed by atoms with E-state index in [9.17, 15) is 33.6 Å². The van der Waals surface area contributed by atoms with Crippen LogP contribution in [0.3, 0.4) is 0 Å². The van der Waals surface area contributed by atoms with Crippen molar-refractivity contribution in [1.82, 2.24) is 52.1 Å². The number of rotatable bonds is 24. The minimum Gasteiger partial charge on any atom is -0.380 e. The summed E-state index contributed by atoms with van der Waals surface area (Å²) >= 11 is 0. The fraction of sp³-hybridized carbons (Fsp3) is 0.526. The number of hydrogen-bond donors (Lipinski definition) is 8. The Morgan fingerprint density at radius 1 is 0.789 bits per heavy atom. The Labute approximate surface area is 400 Å². The second kappa shape index (κ2) is 29.3. The third-order valence-corrected chi connectivity index (χ3v) is 8.62. The van der Waals surface area contributed by atoms with Crippen molar-refractivity contribution in [1.29, 1.82) is 0 Å². The van der Waals surface area contributed by atoms with Gasteiger partial charge in [0.05, 0.1) is 24.7 Å². The first-order valence-electron chi connectivity index (χ1n) is 18.5. The molecule has 0 fully saturated rings. The molecule has 1 aromatic heterocycles. The van der Waals surface area contributed by atoms with Crippen LogP contribution in [-0.2, 0) is 53.1 Å². The molecule has 19 heteroatoms. The minimum atomic E-state index is -0.971. The van der Waals surface area contributed by atoms with Crippen molar-refractivity contribution in [3.63, 3.8) is 0 Å². The first kappa shape index (κ1) is 54.1. The van der Waals surface area contributed by atoms with Crippen LogP contribution < -0.4 is 37.2 Å². The van der Waals surface area contributed by atoms with E-state index in [0.29, 0.717) is 31.6 Å². The molecule has 1 aromatic carbocycles. The largest absolute Gasteiger partial charge is 0.380 e. The Balaban J connectivity index is 0.0000157. The molecule has 2 rings (SSSR count). The Bertz CT molecular complexity index is 1560. The number of hydrogen-bond acceptors (Lipinski definition) is 9. The van der Waals surface area contributed by atoms with Crippen LogP contribution in [0.4, 0.5) is 0 Å². The number of nitrogens with zero attached hydrogens (tertiary/aromatic N) is 2. The van der Waals surface area contributed by atoms with Crippen molar-refractivity contribution in [3.05, 3.63) is 67.5 Å². The Morgan fingerprint density at radius 2 is 1.39 bits per heavy atom. The second-order valence-corrected chi connectivity index (χ2v) is 13.9. The molecule has 57 heavy (non-hydrogen) atoms. The third kappa shape index (κ3) is 22.7. The van der Waals surface area contributed by atoms with Gasteiger partial charge in [0.2, 0.25) is 29.5 Å². The summed E-state index contributed by atoms with van der Waals surface area (Å²) in [6.07, 6.45) is 4.07. The van der Waals surface area contributed by atoms with Crippen molar-refractivity contribution in [3.8, 4) is 0 Å². The predicted molar refractivity (Wildman–Crippen MR) is 206 cm³/mol. The van der Waals surface area contributed by atoms with E-state index in [1.807, 2.05) is 52.0 Å². The molecule has 1 unspecified atom stereocenters. The summed E-state index contributed by atoms with van der Waals surface area (Å²) in [5, 5.41) is 19.3. The van der Waals surface area contributed by atoms with Gasteiger partial charge in [0.1, 0.15) is 18.1 Å². The summed E-state index contributed by atoms with van der Waals surface area (Å²) in [4.78, 5) is 96.3. The number of benzene rings is 1. The van der Waals surface area contributed by atoms with Gasteiger partial charge < -0.3 is 65.6 Å². The van der Waals surface area contributed by atoms with Crippen molar-refractivity contribution in [2.24, 2.45) is 11.8 Å². The second-order valence-electron chi connectivity index (χ2n) is 13.9. The van der Waals surface area contributed by atoms with Crippen LogP contribution in [0, 0.1) is 106 Å². The normalized spacial score (nSPS) is 12.7. The van der Waals surface area contributed by atoms with E-state index in [0.717, 1.165) is 11.1 Å². The number of H-pyrrole nitrogens is 1. The summed E-state index contributed by atoms with van der Waals surface area (Å²) in [6.45, 7) is 17.2. The van der Waals surface area contributed by atoms with Crippen LogP contribution >= 0.6 is 0 Å². The molecule has 1 heterocycles. The number of nitrogens with one attached hydrogen (secondary N) is 8. The first-order valence-corrected chi connectivity index (χ1v) is 18.5. The molecule has 0 aliphatic heterocycles. The van der Waals surface area contributed by atoms with Crippen LogP contribution in [0.25, 0.3) is 0 Å². The van der Waals surface area contributed by atoms with E-state index in [-0.39, 0.29) is 137 Å². The van der Waals surface area contributed by atoms with E-state index in [2.05, 4.69) is 61.0 Å². The molecule has 0 bridgehead atoms. The first-order chi connectivity index (χ1) is 26.1. The summed E-state index contributed by atoms with van der Waals surface area (Å²) in [6, 6.07) is 4.52. The van der Waals surface area contributed by atoms with Crippen LogP contribution in [0.5, 0.6) is 0 Å². The van der Waals surface area contributed by atoms with Crippen LogP contribution in [0.1, 0.15) is 64.3 Å². The molecule has 7 amide bonds. The van der Waals surface area contributed by atoms with E-state index < -0.39 is 53.6 Å². The average molecular weight is 1080 g/mol. The maximum Gasteiger partial charge on any atom is 0.243 e. The maximum atomic E-state index is 13.7. The van der Waals surface area contributed by atoms with E-state index in [4.69, 9.17) is 0 Å². The van der Waals surface area contributed by atoms with E-state index >= 15 is 0 Å². The minimum absolute atomic E-state index is 0. The van der Waals surface area contributed by atoms with Crippen molar-refractivity contribution in [2.45, 2.75) is 85.1 Å². The number of aromatic amines is 1. The molecular formula is C38H58Gd2N10O7-2. The van der Waals surface area contributed by atoms with Crippen molar-refractivity contribution < 1.29 is 113 Å². The van der Waals surface area contributed by atoms with Gasteiger partial charge >= 0.3 is 0 Å². The topological polar surface area (TPSA) is 236 Å². The van der Waals surface area contributed by atoms with Gasteiger partial charge in [-0.15, -0.1) is 0 Å². The smallest absolute Gasteiger partial charge is 0.243 e. The Hall–Kier alpha value is -2.93. The van der Waals surface area contributed by atoms with Gasteiger partial charge in [-0.2, -0.15) is 0 Å². The van der Waals surface area contributed by atoms with Gasteiger partial charge in [0, 0.05) is 144 Å². The molecular weight excluding hydrogens is 1020 g/mol. The molecule has 320 valence electrons. The zero-order valence-corrected chi connectivity index (χ0v) is 37.8. The van der Waals surface area contributed by atoms with Crippen molar-refractivity contribution >= 4 is 41.4 Å². The Kier molecular flexibility index (Phi) is 27.8. The average Bonchev–Trinajstić information content (AvgIpc) is 3.63. The quantitative estimate of drug-likeness (QED) is 0.0642. The SMILES string of the molecule is [CH2-]C(=O)NCCN(CCNC([CH2-])=O)CC(=O)NCc1cccc(CNC(=O)[C@H](CC(C)C)NC(=O)[C@@H](NC(=O)[C@H](Cc2cnc[nH]2)NC(C)=O)C(C)CC)c1.[Gd].[Gd]. The number of carbonyl (C=O) groups excluding carboxylic acids is 7. The third-order valence-electron chi connectivity index (χ3n) is 8.62. The molecule has 17 nitrogen and oxygen atoms in total. The zero-order valence-electron chi connectivity index (χ0n) is 33.3. The summed E-state index contributed by atoms with van der Waals surface area (Å²) in [5.74, 6) is -3.20. The maximum absolute atomic E-state index is 13.7. The van der Waals surface area contributed by atoms with E-state index in [1.54, 1.807) is 11.1 Å². The molecule has 0 aliphatic rings. The molecule has 2 aromatic rings. The summed E-state index contributed by atoms with van der Waals surface area (Å²) in [5.41, 5.74) is 2.20. The summed E-state index contributed by atoms with van der Waals surface area (Å²) < 4.78 is 0. The fourth-order valence-electron chi connectivity index (χ4n) is 5.59. The zero-order chi connectivity index (χ0) is 40.9. The van der Waals surface area contributed by atoms with Gasteiger partial charge in [0.25, 0.3) is 0 Å². The molecule has 4 atom stereocenters. The van der Waals surface area contributed by atoms with Gasteiger partial charge in [0.15, 0.2) is 0 Å². The molecule has 0 spiro atoms. The van der Waals surface area contributed by atoms with Gasteiger partial charge in [-0.3, -0.25) is 28.9 Å². The van der Waals surface area contributed by atoms with Gasteiger partial charge in [-0.1, -0.05) is 58.4 Å². The molecule has 0 radical (unpaired) electrons. The Morgan fingerprint density at radius 3 is 1.89 bits per heavy atom. The molecule has 0 aliphatic carbocycles. The fourth-order valence-corrected chi connectivity index (χ4v) is 5.59. The van der Waals surface area contributed by atoms with Crippen molar-refractivity contribution in [2.75, 3.05) is 32.7 Å².